The van der Waals surface area contributed by atoms with Gasteiger partial charge in [-0.25, -0.2) is 8.42 Å². The first-order valence-corrected chi connectivity index (χ1v) is 16.9. The van der Waals surface area contributed by atoms with Crippen molar-refractivity contribution >= 4 is 39.1 Å². The number of halogens is 1. The van der Waals surface area contributed by atoms with E-state index in [1.165, 1.54) is 4.90 Å². The van der Waals surface area contributed by atoms with Gasteiger partial charge in [-0.15, -0.1) is 0 Å². The molecule has 45 heavy (non-hydrogen) atoms. The fourth-order valence-electron chi connectivity index (χ4n) is 5.00. The van der Waals surface area contributed by atoms with Crippen LogP contribution in [0.2, 0.25) is 5.02 Å². The summed E-state index contributed by atoms with van der Waals surface area (Å²) >= 11 is 6.15. The monoisotopic (exact) mass is 645 g/mol. The Morgan fingerprint density at radius 3 is 2.16 bits per heavy atom. The van der Waals surface area contributed by atoms with Gasteiger partial charge in [-0.3, -0.25) is 13.9 Å². The number of carbonyl (C=O) groups excluding carboxylic acids is 2. The van der Waals surface area contributed by atoms with E-state index in [-0.39, 0.29) is 23.8 Å². The molecule has 4 aromatic carbocycles. The molecule has 0 saturated carbocycles. The van der Waals surface area contributed by atoms with Gasteiger partial charge in [0.15, 0.2) is 0 Å². The lowest BCUT2D eigenvalue weighted by molar-refractivity contribution is -0.140. The molecule has 0 unspecified atom stereocenters. The van der Waals surface area contributed by atoms with Crippen LogP contribution >= 0.6 is 11.6 Å². The summed E-state index contributed by atoms with van der Waals surface area (Å²) < 4.78 is 29.4. The van der Waals surface area contributed by atoms with Gasteiger partial charge in [-0.1, -0.05) is 97.2 Å². The summed E-state index contributed by atoms with van der Waals surface area (Å²) in [5, 5.41) is 3.55. The van der Waals surface area contributed by atoms with E-state index in [1.807, 2.05) is 57.2 Å². The number of nitrogens with zero attached hydrogens (tertiary/aromatic N) is 2. The quantitative estimate of drug-likeness (QED) is 0.155. The molecule has 7 nitrogen and oxygen atoms in total. The van der Waals surface area contributed by atoms with E-state index in [4.69, 9.17) is 11.6 Å². The van der Waals surface area contributed by atoms with E-state index in [1.54, 1.807) is 66.7 Å². The highest BCUT2D eigenvalue weighted by molar-refractivity contribution is 7.92. The van der Waals surface area contributed by atoms with Crippen molar-refractivity contribution in [1.29, 1.82) is 0 Å². The minimum atomic E-state index is -4.15. The number of unbranched alkanes of at least 4 members (excludes halogenated alkanes) is 1. The Morgan fingerprint density at radius 1 is 0.822 bits per heavy atom. The lowest BCUT2D eigenvalue weighted by Crippen LogP contribution is -2.53. The standard InChI is InChI=1S/C36H40ClN3O4S/c1-4-5-22-38-36(42)34(24-29-11-7-6-8-12-29)39(25-30-16-18-31(37)19-17-30)35(41)26-40(32-13-9-10-28(3)23-32)45(43,44)33-20-14-27(2)15-21-33/h6-21,23,34H,4-5,22,24-26H2,1-3H3,(H,38,42)/t34-/m1/s1. The normalized spacial score (nSPS) is 11.9. The summed E-state index contributed by atoms with van der Waals surface area (Å²) in [4.78, 5) is 29.9. The number of sulfonamides is 1. The highest BCUT2D eigenvalue weighted by Crippen LogP contribution is 2.26. The van der Waals surface area contributed by atoms with Crippen LogP contribution < -0.4 is 9.62 Å². The van der Waals surface area contributed by atoms with Gasteiger partial charge in [0.05, 0.1) is 10.6 Å². The summed E-state index contributed by atoms with van der Waals surface area (Å²) in [5.41, 5.74) is 3.77. The van der Waals surface area contributed by atoms with Gasteiger partial charge in [-0.2, -0.15) is 0 Å². The minimum absolute atomic E-state index is 0.0739. The number of carbonyl (C=O) groups is 2. The van der Waals surface area contributed by atoms with Crippen LogP contribution in [0, 0.1) is 13.8 Å². The average molecular weight is 646 g/mol. The SMILES string of the molecule is CCCCNC(=O)[C@@H](Cc1ccccc1)N(Cc1ccc(Cl)cc1)C(=O)CN(c1cccc(C)c1)S(=O)(=O)c1ccc(C)cc1. The fourth-order valence-corrected chi connectivity index (χ4v) is 6.53. The maximum Gasteiger partial charge on any atom is 0.264 e. The summed E-state index contributed by atoms with van der Waals surface area (Å²) in [7, 11) is -4.15. The van der Waals surface area contributed by atoms with Gasteiger partial charge in [0.25, 0.3) is 10.0 Å². The Bertz CT molecular complexity index is 1680. The van der Waals surface area contributed by atoms with Gasteiger partial charge in [0.1, 0.15) is 12.6 Å². The van der Waals surface area contributed by atoms with E-state index < -0.39 is 28.5 Å². The van der Waals surface area contributed by atoms with Crippen LogP contribution in [0.25, 0.3) is 0 Å². The maximum atomic E-state index is 14.5. The molecule has 0 aromatic heterocycles. The largest absolute Gasteiger partial charge is 0.354 e. The van der Waals surface area contributed by atoms with Gasteiger partial charge in [0, 0.05) is 24.5 Å². The molecule has 4 aromatic rings. The van der Waals surface area contributed by atoms with Crippen LogP contribution in [0.1, 0.15) is 42.0 Å². The number of hydrogen-bond donors (Lipinski definition) is 1. The fraction of sp³-hybridized carbons (Fsp3) is 0.278. The first-order chi connectivity index (χ1) is 21.6. The van der Waals surface area contributed by atoms with Crippen LogP contribution in [0.4, 0.5) is 5.69 Å². The molecule has 0 radical (unpaired) electrons. The maximum absolute atomic E-state index is 14.5. The van der Waals surface area contributed by atoms with Crippen molar-refractivity contribution in [3.63, 3.8) is 0 Å². The zero-order valence-corrected chi connectivity index (χ0v) is 27.5. The zero-order valence-electron chi connectivity index (χ0n) is 25.9. The van der Waals surface area contributed by atoms with Crippen molar-refractivity contribution in [2.24, 2.45) is 0 Å². The minimum Gasteiger partial charge on any atom is -0.354 e. The number of aryl methyl sites for hydroxylation is 2. The number of rotatable bonds is 14. The highest BCUT2D eigenvalue weighted by atomic mass is 35.5. The molecule has 0 aliphatic rings. The summed E-state index contributed by atoms with van der Waals surface area (Å²) in [5.74, 6) is -0.799. The molecule has 0 heterocycles. The van der Waals surface area contributed by atoms with Crippen LogP contribution in [0.3, 0.4) is 0 Å². The van der Waals surface area contributed by atoms with E-state index >= 15 is 0 Å². The second-order valence-electron chi connectivity index (χ2n) is 11.2. The molecule has 4 rings (SSSR count). The first kappa shape index (κ1) is 33.7. The molecular formula is C36H40ClN3O4S. The Kier molecular flexibility index (Phi) is 11.8. The highest BCUT2D eigenvalue weighted by Gasteiger charge is 2.34. The number of anilines is 1. The smallest absolute Gasteiger partial charge is 0.264 e. The topological polar surface area (TPSA) is 86.8 Å². The Labute approximate surface area is 271 Å². The molecule has 2 amide bonds. The van der Waals surface area contributed by atoms with Crippen molar-refractivity contribution in [2.75, 3.05) is 17.4 Å². The van der Waals surface area contributed by atoms with E-state index in [2.05, 4.69) is 5.32 Å². The number of hydrogen-bond acceptors (Lipinski definition) is 4. The van der Waals surface area contributed by atoms with Gasteiger partial charge in [-0.05, 0) is 73.4 Å². The summed E-state index contributed by atoms with van der Waals surface area (Å²) in [6.07, 6.45) is 1.96. The van der Waals surface area contributed by atoms with Gasteiger partial charge >= 0.3 is 0 Å². The van der Waals surface area contributed by atoms with Crippen LogP contribution in [0.5, 0.6) is 0 Å². The lowest BCUT2D eigenvalue weighted by Gasteiger charge is -2.34. The van der Waals surface area contributed by atoms with Crippen molar-refractivity contribution in [1.82, 2.24) is 10.2 Å². The van der Waals surface area contributed by atoms with Gasteiger partial charge < -0.3 is 10.2 Å². The van der Waals surface area contributed by atoms with Crippen molar-refractivity contribution in [2.45, 2.75) is 57.5 Å². The molecule has 0 saturated heterocycles. The third-order valence-electron chi connectivity index (χ3n) is 7.54. The first-order valence-electron chi connectivity index (χ1n) is 15.1. The van der Waals surface area contributed by atoms with Crippen molar-refractivity contribution < 1.29 is 18.0 Å². The second-order valence-corrected chi connectivity index (χ2v) is 13.5. The Hall–Kier alpha value is -4.14. The zero-order chi connectivity index (χ0) is 32.4. The van der Waals surface area contributed by atoms with E-state index in [0.29, 0.717) is 17.3 Å². The predicted molar refractivity (Wildman–Crippen MR) is 181 cm³/mol. The van der Waals surface area contributed by atoms with Crippen molar-refractivity contribution in [3.05, 3.63) is 130 Å². The molecule has 9 heteroatoms. The third kappa shape index (κ3) is 9.19. The molecule has 0 aliphatic carbocycles. The van der Waals surface area contributed by atoms with Crippen molar-refractivity contribution in [3.8, 4) is 0 Å². The number of benzene rings is 4. The lowest BCUT2D eigenvalue weighted by atomic mass is 10.0. The van der Waals surface area contributed by atoms with E-state index in [0.717, 1.165) is 39.4 Å². The second kappa shape index (κ2) is 15.7. The summed E-state index contributed by atoms with van der Waals surface area (Å²) in [6.45, 7) is 5.84. The average Bonchev–Trinajstić information content (AvgIpc) is 3.03. The van der Waals surface area contributed by atoms with Crippen LogP contribution in [-0.4, -0.2) is 44.3 Å². The molecule has 1 atom stereocenters. The van der Waals surface area contributed by atoms with E-state index in [9.17, 15) is 18.0 Å². The molecule has 0 bridgehead atoms. The molecular weight excluding hydrogens is 606 g/mol. The molecule has 236 valence electrons. The molecule has 0 spiro atoms. The summed E-state index contributed by atoms with van der Waals surface area (Å²) in [6, 6.07) is 29.3. The number of nitrogens with one attached hydrogen (secondary N) is 1. The predicted octanol–water partition coefficient (Wildman–Crippen LogP) is 6.71. The molecule has 0 aliphatic heterocycles. The Balaban J connectivity index is 1.78. The van der Waals surface area contributed by atoms with Gasteiger partial charge in [0.2, 0.25) is 11.8 Å². The van der Waals surface area contributed by atoms with Crippen LogP contribution in [0.15, 0.2) is 108 Å². The van der Waals surface area contributed by atoms with Crippen LogP contribution in [-0.2, 0) is 32.6 Å². The number of amides is 2. The Morgan fingerprint density at radius 2 is 1.51 bits per heavy atom. The third-order valence-corrected chi connectivity index (χ3v) is 9.58. The molecule has 0 fully saturated rings. The molecule has 1 N–H and O–H groups in total.